The van der Waals surface area contributed by atoms with Crippen molar-refractivity contribution in [2.75, 3.05) is 10.6 Å². The van der Waals surface area contributed by atoms with Crippen molar-refractivity contribution >= 4 is 39.8 Å². The molecule has 0 atom stereocenters. The summed E-state index contributed by atoms with van der Waals surface area (Å²) in [4.78, 5) is 40.2. The first-order valence-electron chi connectivity index (χ1n) is 8.85. The fraction of sp³-hybridized carbons (Fsp3) is 0.0909. The van der Waals surface area contributed by atoms with Gasteiger partial charge in [0.25, 0.3) is 5.91 Å². The Morgan fingerprint density at radius 3 is 2.28 bits per heavy atom. The molecule has 3 rings (SSSR count). The Bertz CT molecular complexity index is 1070. The van der Waals surface area contributed by atoms with Gasteiger partial charge in [0.1, 0.15) is 0 Å². The van der Waals surface area contributed by atoms with E-state index in [1.165, 1.54) is 24.3 Å². The molecule has 2 amide bonds. The molecule has 0 aliphatic heterocycles. The predicted molar refractivity (Wildman–Crippen MR) is 115 cm³/mol. The number of aromatic nitrogens is 1. The van der Waals surface area contributed by atoms with Gasteiger partial charge < -0.3 is 5.32 Å². The van der Waals surface area contributed by atoms with Crippen LogP contribution < -0.4 is 10.6 Å². The zero-order chi connectivity index (χ0) is 20.8. The highest BCUT2D eigenvalue weighted by atomic mass is 32.1. The van der Waals surface area contributed by atoms with Gasteiger partial charge in [0.15, 0.2) is 10.9 Å². The van der Waals surface area contributed by atoms with Gasteiger partial charge in [-0.25, -0.2) is 4.98 Å². The second-order valence-corrected chi connectivity index (χ2v) is 7.17. The summed E-state index contributed by atoms with van der Waals surface area (Å²) in [6, 6.07) is 16.2. The van der Waals surface area contributed by atoms with E-state index in [0.29, 0.717) is 16.4 Å². The first kappa shape index (κ1) is 20.2. The van der Waals surface area contributed by atoms with Gasteiger partial charge >= 0.3 is 0 Å². The van der Waals surface area contributed by atoms with Gasteiger partial charge in [-0.2, -0.15) is 0 Å². The molecule has 0 saturated carbocycles. The molecule has 0 aliphatic carbocycles. The van der Waals surface area contributed by atoms with Gasteiger partial charge in [0, 0.05) is 33.8 Å². The molecule has 7 heteroatoms. The number of thiazole rings is 1. The molecule has 3 aromatic rings. The topological polar surface area (TPSA) is 88.2 Å². The van der Waals surface area contributed by atoms with Gasteiger partial charge in [-0.3, -0.25) is 19.7 Å². The Kier molecular flexibility index (Phi) is 6.31. The van der Waals surface area contributed by atoms with Crippen LogP contribution in [-0.2, 0) is 9.59 Å². The third kappa shape index (κ3) is 5.46. The van der Waals surface area contributed by atoms with Crippen molar-refractivity contribution in [2.24, 2.45) is 0 Å². The van der Waals surface area contributed by atoms with E-state index < -0.39 is 11.8 Å². The molecule has 1 aromatic heterocycles. The number of carbonyl (C=O) groups excluding carboxylic acids is 3. The van der Waals surface area contributed by atoms with Crippen molar-refractivity contribution in [3.8, 4) is 11.3 Å². The molecular formula is C22H19N3O3S. The summed E-state index contributed by atoms with van der Waals surface area (Å²) in [7, 11) is 0. The van der Waals surface area contributed by atoms with Crippen LogP contribution in [0.25, 0.3) is 11.3 Å². The molecule has 2 aromatic carbocycles. The fourth-order valence-electron chi connectivity index (χ4n) is 2.50. The summed E-state index contributed by atoms with van der Waals surface area (Å²) in [5.74, 6) is -0.883. The van der Waals surface area contributed by atoms with E-state index in [0.717, 1.165) is 11.3 Å². The van der Waals surface area contributed by atoms with Crippen molar-refractivity contribution < 1.29 is 14.4 Å². The van der Waals surface area contributed by atoms with Crippen LogP contribution in [0.15, 0.2) is 71.6 Å². The number of nitrogens with one attached hydrogen (secondary N) is 2. The lowest BCUT2D eigenvalue weighted by molar-refractivity contribution is -0.114. The molecule has 2 N–H and O–H groups in total. The van der Waals surface area contributed by atoms with Gasteiger partial charge in [-0.05, 0) is 38.1 Å². The largest absolute Gasteiger partial charge is 0.323 e. The van der Waals surface area contributed by atoms with Gasteiger partial charge in [0.2, 0.25) is 5.91 Å². The average Bonchev–Trinajstić information content (AvgIpc) is 3.17. The Morgan fingerprint density at radius 1 is 0.931 bits per heavy atom. The summed E-state index contributed by atoms with van der Waals surface area (Å²) in [6.45, 7) is 3.03. The summed E-state index contributed by atoms with van der Waals surface area (Å²) in [5, 5.41) is 7.69. The van der Waals surface area contributed by atoms with Crippen molar-refractivity contribution in [1.82, 2.24) is 4.98 Å². The maximum absolute atomic E-state index is 12.3. The van der Waals surface area contributed by atoms with Crippen LogP contribution >= 0.6 is 11.3 Å². The number of hydrogen-bond acceptors (Lipinski definition) is 5. The van der Waals surface area contributed by atoms with E-state index in [2.05, 4.69) is 15.6 Å². The molecule has 0 saturated heterocycles. The summed E-state index contributed by atoms with van der Waals surface area (Å²) in [6.07, 6.45) is 1.22. The zero-order valence-electron chi connectivity index (χ0n) is 15.9. The van der Waals surface area contributed by atoms with Crippen LogP contribution in [-0.4, -0.2) is 22.6 Å². The number of hydrogen-bond donors (Lipinski definition) is 2. The Hall–Kier alpha value is -3.58. The van der Waals surface area contributed by atoms with Crippen molar-refractivity contribution in [2.45, 2.75) is 13.8 Å². The number of nitrogens with zero attached hydrogens (tertiary/aromatic N) is 1. The normalized spacial score (nSPS) is 11.0. The Labute approximate surface area is 172 Å². The number of Topliss-reactive ketones (excluding diaryl/α,β-unsaturated/α-hetero) is 1. The van der Waals surface area contributed by atoms with E-state index in [9.17, 15) is 14.4 Å². The summed E-state index contributed by atoms with van der Waals surface area (Å²) >= 11 is 1.32. The number of anilines is 2. The summed E-state index contributed by atoms with van der Waals surface area (Å²) in [5.41, 5.74) is 3.09. The molecule has 1 heterocycles. The molecule has 0 fully saturated rings. The molecule has 29 heavy (non-hydrogen) atoms. The van der Waals surface area contributed by atoms with E-state index >= 15 is 0 Å². The number of rotatable bonds is 6. The lowest BCUT2D eigenvalue weighted by Crippen LogP contribution is -2.16. The highest BCUT2D eigenvalue weighted by Gasteiger charge is 2.11. The van der Waals surface area contributed by atoms with Crippen LogP contribution in [0.5, 0.6) is 0 Å². The first-order valence-corrected chi connectivity index (χ1v) is 9.73. The number of carbonyl (C=O) groups is 3. The molecule has 0 unspecified atom stereocenters. The van der Waals surface area contributed by atoms with E-state index in [4.69, 9.17) is 0 Å². The first-order chi connectivity index (χ1) is 13.9. The third-order valence-electron chi connectivity index (χ3n) is 4.06. The maximum Gasteiger partial charge on any atom is 0.253 e. The second kappa shape index (κ2) is 9.07. The van der Waals surface area contributed by atoms with E-state index in [1.807, 2.05) is 35.7 Å². The standard InChI is InChI=1S/C22H19N3O3S/c1-14(12-20(27)23-18-10-8-16(9-11-18)15(2)26)21(28)25-22-24-19(13-29-22)17-6-4-3-5-7-17/h3-13H,1-2H3,(H,23,27)(H,24,25,28)/b14-12-. The fourth-order valence-corrected chi connectivity index (χ4v) is 3.21. The minimum atomic E-state index is -0.433. The molecule has 0 spiro atoms. The minimum Gasteiger partial charge on any atom is -0.323 e. The average molecular weight is 405 g/mol. The lowest BCUT2D eigenvalue weighted by Gasteiger charge is -2.05. The summed E-state index contributed by atoms with van der Waals surface area (Å²) < 4.78 is 0. The van der Waals surface area contributed by atoms with E-state index in [-0.39, 0.29) is 11.4 Å². The quantitative estimate of drug-likeness (QED) is 0.466. The molecule has 0 aliphatic rings. The third-order valence-corrected chi connectivity index (χ3v) is 4.82. The highest BCUT2D eigenvalue weighted by molar-refractivity contribution is 7.14. The highest BCUT2D eigenvalue weighted by Crippen LogP contribution is 2.24. The molecule has 146 valence electrons. The molecule has 6 nitrogen and oxygen atoms in total. The Morgan fingerprint density at radius 2 is 1.62 bits per heavy atom. The lowest BCUT2D eigenvalue weighted by atomic mass is 10.1. The number of ketones is 1. The second-order valence-electron chi connectivity index (χ2n) is 6.31. The van der Waals surface area contributed by atoms with Crippen LogP contribution in [0.1, 0.15) is 24.2 Å². The van der Waals surface area contributed by atoms with Crippen LogP contribution in [0.4, 0.5) is 10.8 Å². The minimum absolute atomic E-state index is 0.0482. The molecular weight excluding hydrogens is 386 g/mol. The van der Waals surface area contributed by atoms with E-state index in [1.54, 1.807) is 31.2 Å². The van der Waals surface area contributed by atoms with Crippen LogP contribution in [0.3, 0.4) is 0 Å². The van der Waals surface area contributed by atoms with Crippen LogP contribution in [0.2, 0.25) is 0 Å². The number of benzene rings is 2. The zero-order valence-corrected chi connectivity index (χ0v) is 16.7. The molecule has 0 bridgehead atoms. The van der Waals surface area contributed by atoms with Crippen molar-refractivity contribution in [3.05, 3.63) is 77.2 Å². The van der Waals surface area contributed by atoms with Gasteiger partial charge in [-0.15, -0.1) is 11.3 Å². The van der Waals surface area contributed by atoms with Gasteiger partial charge in [-0.1, -0.05) is 30.3 Å². The Balaban J connectivity index is 1.60. The van der Waals surface area contributed by atoms with Crippen molar-refractivity contribution in [3.63, 3.8) is 0 Å². The van der Waals surface area contributed by atoms with Crippen LogP contribution in [0, 0.1) is 0 Å². The van der Waals surface area contributed by atoms with Gasteiger partial charge in [0.05, 0.1) is 5.69 Å². The molecule has 0 radical (unpaired) electrons. The monoisotopic (exact) mass is 405 g/mol. The van der Waals surface area contributed by atoms with Crippen molar-refractivity contribution in [1.29, 1.82) is 0 Å². The SMILES string of the molecule is CC(=O)c1ccc(NC(=O)/C=C(/C)C(=O)Nc2nc(-c3ccccc3)cs2)cc1. The number of amides is 2. The smallest absolute Gasteiger partial charge is 0.253 e. The predicted octanol–water partition coefficient (Wildman–Crippen LogP) is 4.54. The maximum atomic E-state index is 12.3.